The smallest absolute Gasteiger partial charge is 0.264 e. The maximum absolute atomic E-state index is 13.1. The van der Waals surface area contributed by atoms with Gasteiger partial charge in [-0.1, -0.05) is 42.5 Å². The van der Waals surface area contributed by atoms with Gasteiger partial charge in [-0.2, -0.15) is 5.10 Å². The summed E-state index contributed by atoms with van der Waals surface area (Å²) in [6.07, 6.45) is 0. The van der Waals surface area contributed by atoms with Gasteiger partial charge >= 0.3 is 0 Å². The Hall–Kier alpha value is -4.19. The second kappa shape index (κ2) is 8.45. The van der Waals surface area contributed by atoms with Gasteiger partial charge in [0.05, 0.1) is 16.9 Å². The Kier molecular flexibility index (Phi) is 5.39. The van der Waals surface area contributed by atoms with Gasteiger partial charge in [0.15, 0.2) is 0 Å². The number of hydrogen-bond acceptors (Lipinski definition) is 4. The van der Waals surface area contributed by atoms with E-state index in [1.807, 2.05) is 84.7 Å². The van der Waals surface area contributed by atoms with Crippen LogP contribution >= 0.6 is 0 Å². The monoisotopic (exact) mass is 396 g/mol. The molecule has 1 heterocycles. The Morgan fingerprint density at radius 1 is 0.900 bits per heavy atom. The van der Waals surface area contributed by atoms with Crippen LogP contribution in [0.1, 0.15) is 10.4 Å². The Morgan fingerprint density at radius 3 is 2.43 bits per heavy atom. The quantitative estimate of drug-likeness (QED) is 0.522. The van der Waals surface area contributed by atoms with Gasteiger partial charge < -0.3 is 10.2 Å². The second-order valence-electron chi connectivity index (χ2n) is 6.75. The predicted octanol–water partition coefficient (Wildman–Crippen LogP) is 4.46. The SMILES string of the molecule is CN(c1ccccc1)c1ccccc1C(=O)Nc1cccc(-c2ccc(=O)[nH]n2)c1. The highest BCUT2D eigenvalue weighted by Gasteiger charge is 2.15. The Labute approximate surface area is 173 Å². The number of H-pyrrole nitrogens is 1. The number of amides is 1. The van der Waals surface area contributed by atoms with E-state index in [0.717, 1.165) is 16.9 Å². The molecular weight excluding hydrogens is 376 g/mol. The maximum Gasteiger partial charge on any atom is 0.264 e. The number of carbonyl (C=O) groups excluding carboxylic acids is 1. The van der Waals surface area contributed by atoms with Crippen molar-refractivity contribution >= 4 is 23.0 Å². The lowest BCUT2D eigenvalue weighted by molar-refractivity contribution is 0.102. The molecule has 0 spiro atoms. The van der Waals surface area contributed by atoms with Crippen LogP contribution in [0.15, 0.2) is 95.8 Å². The van der Waals surface area contributed by atoms with E-state index in [-0.39, 0.29) is 11.5 Å². The first kappa shape index (κ1) is 19.1. The summed E-state index contributed by atoms with van der Waals surface area (Å²) in [5.41, 5.74) is 4.15. The van der Waals surface area contributed by atoms with Crippen LogP contribution < -0.4 is 15.8 Å². The van der Waals surface area contributed by atoms with Crippen molar-refractivity contribution in [2.75, 3.05) is 17.3 Å². The van der Waals surface area contributed by atoms with E-state index in [9.17, 15) is 9.59 Å². The molecule has 0 saturated carbocycles. The van der Waals surface area contributed by atoms with Crippen molar-refractivity contribution in [3.63, 3.8) is 0 Å². The lowest BCUT2D eigenvalue weighted by Gasteiger charge is -2.22. The van der Waals surface area contributed by atoms with Gasteiger partial charge in [0.2, 0.25) is 0 Å². The summed E-state index contributed by atoms with van der Waals surface area (Å²) in [7, 11) is 1.93. The number of para-hydroxylation sites is 2. The van der Waals surface area contributed by atoms with Gasteiger partial charge in [-0.15, -0.1) is 0 Å². The van der Waals surface area contributed by atoms with E-state index in [0.29, 0.717) is 16.9 Å². The van der Waals surface area contributed by atoms with E-state index in [1.165, 1.54) is 6.07 Å². The first-order chi connectivity index (χ1) is 14.6. The summed E-state index contributed by atoms with van der Waals surface area (Å²) in [6, 6.07) is 27.8. The zero-order chi connectivity index (χ0) is 20.9. The number of aromatic amines is 1. The molecule has 3 aromatic carbocycles. The number of benzene rings is 3. The van der Waals surface area contributed by atoms with Crippen molar-refractivity contribution in [2.24, 2.45) is 0 Å². The van der Waals surface area contributed by atoms with Crippen LogP contribution in [0.4, 0.5) is 17.1 Å². The molecule has 148 valence electrons. The normalized spacial score (nSPS) is 10.4. The highest BCUT2D eigenvalue weighted by molar-refractivity contribution is 6.08. The molecule has 0 bridgehead atoms. The molecule has 1 amide bonds. The molecule has 0 fully saturated rings. The maximum atomic E-state index is 13.1. The molecule has 2 N–H and O–H groups in total. The lowest BCUT2D eigenvalue weighted by atomic mass is 10.1. The topological polar surface area (TPSA) is 78.1 Å². The third kappa shape index (κ3) is 4.12. The first-order valence-electron chi connectivity index (χ1n) is 9.47. The standard InChI is InChI=1S/C24H20N4O2/c1-28(19-10-3-2-4-11-19)22-13-6-5-12-20(22)24(30)25-18-9-7-8-17(16-18)21-14-15-23(29)27-26-21/h2-16H,1H3,(H,25,30)(H,27,29). The van der Waals surface area contributed by atoms with Gasteiger partial charge in [0, 0.05) is 30.1 Å². The van der Waals surface area contributed by atoms with Gasteiger partial charge in [-0.25, -0.2) is 5.10 Å². The molecule has 0 aliphatic rings. The zero-order valence-electron chi connectivity index (χ0n) is 16.4. The van der Waals surface area contributed by atoms with Gasteiger partial charge in [0.25, 0.3) is 11.5 Å². The predicted molar refractivity (Wildman–Crippen MR) is 119 cm³/mol. The summed E-state index contributed by atoms with van der Waals surface area (Å²) in [6.45, 7) is 0. The fourth-order valence-electron chi connectivity index (χ4n) is 3.21. The summed E-state index contributed by atoms with van der Waals surface area (Å²) >= 11 is 0. The molecule has 30 heavy (non-hydrogen) atoms. The highest BCUT2D eigenvalue weighted by atomic mass is 16.1. The zero-order valence-corrected chi connectivity index (χ0v) is 16.4. The number of nitrogens with one attached hydrogen (secondary N) is 2. The first-order valence-corrected chi connectivity index (χ1v) is 9.47. The minimum Gasteiger partial charge on any atom is -0.344 e. The molecule has 4 rings (SSSR count). The molecular formula is C24H20N4O2. The molecule has 0 aliphatic carbocycles. The van der Waals surface area contributed by atoms with Crippen LogP contribution in [-0.4, -0.2) is 23.2 Å². The Morgan fingerprint density at radius 2 is 1.67 bits per heavy atom. The van der Waals surface area contributed by atoms with Crippen molar-refractivity contribution in [3.05, 3.63) is 107 Å². The number of hydrogen-bond donors (Lipinski definition) is 2. The van der Waals surface area contributed by atoms with Crippen molar-refractivity contribution in [1.29, 1.82) is 0 Å². The molecule has 6 heteroatoms. The summed E-state index contributed by atoms with van der Waals surface area (Å²) in [4.78, 5) is 26.3. The van der Waals surface area contributed by atoms with E-state index in [4.69, 9.17) is 0 Å². The third-order valence-corrected chi connectivity index (χ3v) is 4.75. The van der Waals surface area contributed by atoms with E-state index >= 15 is 0 Å². The second-order valence-corrected chi connectivity index (χ2v) is 6.75. The number of nitrogens with zero attached hydrogens (tertiary/aromatic N) is 2. The van der Waals surface area contributed by atoms with Crippen LogP contribution in [0, 0.1) is 0 Å². The fraction of sp³-hybridized carbons (Fsp3) is 0.0417. The number of aromatic nitrogens is 2. The van der Waals surface area contributed by atoms with E-state index < -0.39 is 0 Å². The van der Waals surface area contributed by atoms with Gasteiger partial charge in [-0.3, -0.25) is 9.59 Å². The molecule has 0 unspecified atom stereocenters. The lowest BCUT2D eigenvalue weighted by Crippen LogP contribution is -2.18. The number of carbonyl (C=O) groups is 1. The van der Waals surface area contributed by atoms with Gasteiger partial charge in [0.1, 0.15) is 0 Å². The van der Waals surface area contributed by atoms with Crippen LogP contribution in [-0.2, 0) is 0 Å². The van der Waals surface area contributed by atoms with Crippen LogP contribution in [0.2, 0.25) is 0 Å². The van der Waals surface area contributed by atoms with Crippen LogP contribution in [0.5, 0.6) is 0 Å². The molecule has 6 nitrogen and oxygen atoms in total. The molecule has 0 saturated heterocycles. The molecule has 0 atom stereocenters. The summed E-state index contributed by atoms with van der Waals surface area (Å²) in [5.74, 6) is -0.208. The fourth-order valence-corrected chi connectivity index (χ4v) is 3.21. The molecule has 4 aromatic rings. The van der Waals surface area contributed by atoms with Crippen molar-refractivity contribution in [3.8, 4) is 11.3 Å². The Balaban J connectivity index is 1.60. The van der Waals surface area contributed by atoms with Crippen LogP contribution in [0.25, 0.3) is 11.3 Å². The van der Waals surface area contributed by atoms with Crippen molar-refractivity contribution in [2.45, 2.75) is 0 Å². The number of rotatable bonds is 5. The number of anilines is 3. The minimum absolute atomic E-state index is 0.208. The Bertz CT molecular complexity index is 1210. The highest BCUT2D eigenvalue weighted by Crippen LogP contribution is 2.28. The van der Waals surface area contributed by atoms with Crippen molar-refractivity contribution in [1.82, 2.24) is 10.2 Å². The van der Waals surface area contributed by atoms with Crippen LogP contribution in [0.3, 0.4) is 0 Å². The molecule has 0 aliphatic heterocycles. The average Bonchev–Trinajstić information content (AvgIpc) is 2.80. The van der Waals surface area contributed by atoms with E-state index in [2.05, 4.69) is 15.5 Å². The van der Waals surface area contributed by atoms with Gasteiger partial charge in [-0.05, 0) is 42.5 Å². The summed E-state index contributed by atoms with van der Waals surface area (Å²) in [5, 5.41) is 9.42. The molecule has 1 aromatic heterocycles. The summed E-state index contributed by atoms with van der Waals surface area (Å²) < 4.78 is 0. The average molecular weight is 396 g/mol. The third-order valence-electron chi connectivity index (χ3n) is 4.75. The van der Waals surface area contributed by atoms with E-state index in [1.54, 1.807) is 12.1 Å². The minimum atomic E-state index is -0.262. The largest absolute Gasteiger partial charge is 0.344 e. The molecule has 0 radical (unpaired) electrons. The van der Waals surface area contributed by atoms with Crippen molar-refractivity contribution < 1.29 is 4.79 Å².